The van der Waals surface area contributed by atoms with E-state index in [-0.39, 0.29) is 0 Å². The lowest BCUT2D eigenvalue weighted by Crippen LogP contribution is -2.32. The quantitative estimate of drug-likeness (QED) is 0.581. The molecule has 1 aromatic rings. The molecule has 0 unspecified atom stereocenters. The summed E-state index contributed by atoms with van der Waals surface area (Å²) in [7, 11) is 2.86. The Morgan fingerprint density at radius 3 is 2.40 bits per heavy atom. The van der Waals surface area contributed by atoms with Crippen molar-refractivity contribution in [1.82, 2.24) is 5.32 Å². The highest BCUT2D eigenvalue weighted by Gasteiger charge is 2.15. The summed E-state index contributed by atoms with van der Waals surface area (Å²) >= 11 is 0. The Bertz CT molecular complexity index is 620. The fourth-order valence-corrected chi connectivity index (χ4v) is 1.87. The van der Waals surface area contributed by atoms with Crippen LogP contribution in [0, 0.1) is 0 Å². The maximum absolute atomic E-state index is 11.5. The zero-order valence-electron chi connectivity index (χ0n) is 15.3. The molecule has 1 amide bonds. The molecule has 138 valence electrons. The van der Waals surface area contributed by atoms with Crippen molar-refractivity contribution in [2.75, 3.05) is 32.6 Å². The summed E-state index contributed by atoms with van der Waals surface area (Å²) in [5.41, 5.74) is 0.657. The van der Waals surface area contributed by atoms with E-state index in [1.165, 1.54) is 14.2 Å². The molecule has 0 aromatic heterocycles. The molecule has 2 N–H and O–H groups in total. The normalized spacial score (nSPS) is 11.1. The highest BCUT2D eigenvalue weighted by Crippen LogP contribution is 2.25. The SMILES string of the molecule is COC(=O)c1ccc(NC/C=C/CNC(=O)OC(C)(C)C)c(OC)c1. The number of hydrogen-bond acceptors (Lipinski definition) is 6. The van der Waals surface area contributed by atoms with E-state index in [1.54, 1.807) is 18.2 Å². The van der Waals surface area contributed by atoms with E-state index in [1.807, 2.05) is 32.9 Å². The standard InChI is InChI=1S/C18H26N2O5/c1-18(2,3)25-17(22)20-11-7-6-10-19-14-9-8-13(16(21)24-5)12-15(14)23-4/h6-9,12,19H,10-11H2,1-5H3,(H,20,22)/b7-6+. The van der Waals surface area contributed by atoms with E-state index in [2.05, 4.69) is 15.4 Å². The highest BCUT2D eigenvalue weighted by molar-refractivity contribution is 5.90. The Morgan fingerprint density at radius 2 is 1.80 bits per heavy atom. The van der Waals surface area contributed by atoms with Crippen LogP contribution in [0.3, 0.4) is 0 Å². The predicted octanol–water partition coefficient (Wildman–Crippen LogP) is 2.97. The minimum atomic E-state index is -0.512. The summed E-state index contributed by atoms with van der Waals surface area (Å²) in [6, 6.07) is 5.02. The summed E-state index contributed by atoms with van der Waals surface area (Å²) < 4.78 is 15.1. The van der Waals surface area contributed by atoms with Gasteiger partial charge in [0.05, 0.1) is 25.5 Å². The molecule has 1 aromatic carbocycles. The monoisotopic (exact) mass is 350 g/mol. The number of nitrogens with one attached hydrogen (secondary N) is 2. The van der Waals surface area contributed by atoms with Gasteiger partial charge < -0.3 is 24.8 Å². The number of carbonyl (C=O) groups excluding carboxylic acids is 2. The molecule has 0 aliphatic heterocycles. The molecular formula is C18H26N2O5. The molecule has 0 aliphatic rings. The van der Waals surface area contributed by atoms with Crippen molar-refractivity contribution in [3.05, 3.63) is 35.9 Å². The Hall–Kier alpha value is -2.70. The molecule has 25 heavy (non-hydrogen) atoms. The van der Waals surface area contributed by atoms with Crippen molar-refractivity contribution < 1.29 is 23.8 Å². The number of alkyl carbamates (subject to hydrolysis) is 1. The Morgan fingerprint density at radius 1 is 1.12 bits per heavy atom. The average Bonchev–Trinajstić information content (AvgIpc) is 2.55. The molecule has 0 spiro atoms. The van der Waals surface area contributed by atoms with E-state index in [0.717, 1.165) is 5.69 Å². The Kier molecular flexibility index (Phi) is 7.78. The van der Waals surface area contributed by atoms with Gasteiger partial charge in [-0.05, 0) is 39.0 Å². The third kappa shape index (κ3) is 7.60. The second-order valence-electron chi connectivity index (χ2n) is 6.14. The van der Waals surface area contributed by atoms with Gasteiger partial charge in [-0.15, -0.1) is 0 Å². The second kappa shape index (κ2) is 9.56. The van der Waals surface area contributed by atoms with Gasteiger partial charge in [-0.2, -0.15) is 0 Å². The van der Waals surface area contributed by atoms with Gasteiger partial charge in [-0.1, -0.05) is 12.2 Å². The number of esters is 1. The number of carbonyl (C=O) groups is 2. The lowest BCUT2D eigenvalue weighted by molar-refractivity contribution is 0.0532. The number of anilines is 1. The van der Waals surface area contributed by atoms with E-state index < -0.39 is 17.7 Å². The van der Waals surface area contributed by atoms with Gasteiger partial charge in [0.25, 0.3) is 0 Å². The Balaban J connectivity index is 2.45. The number of benzene rings is 1. The largest absolute Gasteiger partial charge is 0.495 e. The van der Waals surface area contributed by atoms with Gasteiger partial charge in [-0.25, -0.2) is 9.59 Å². The minimum Gasteiger partial charge on any atom is -0.495 e. The van der Waals surface area contributed by atoms with E-state index in [9.17, 15) is 9.59 Å². The first-order chi connectivity index (χ1) is 11.8. The van der Waals surface area contributed by atoms with Crippen molar-refractivity contribution >= 4 is 17.7 Å². The maximum atomic E-state index is 11.5. The highest BCUT2D eigenvalue weighted by atomic mass is 16.6. The van der Waals surface area contributed by atoms with Crippen LogP contribution in [0.15, 0.2) is 30.4 Å². The van der Waals surface area contributed by atoms with Crippen molar-refractivity contribution in [1.29, 1.82) is 0 Å². The van der Waals surface area contributed by atoms with Gasteiger partial charge >= 0.3 is 12.1 Å². The first kappa shape index (κ1) is 20.3. The lowest BCUT2D eigenvalue weighted by Gasteiger charge is -2.19. The number of amides is 1. The fraction of sp³-hybridized carbons (Fsp3) is 0.444. The fourth-order valence-electron chi connectivity index (χ4n) is 1.87. The molecule has 0 heterocycles. The van der Waals surface area contributed by atoms with Gasteiger partial charge in [-0.3, -0.25) is 0 Å². The number of methoxy groups -OCH3 is 2. The van der Waals surface area contributed by atoms with Crippen LogP contribution < -0.4 is 15.4 Å². The van der Waals surface area contributed by atoms with Crippen molar-refractivity contribution in [3.8, 4) is 5.75 Å². The number of hydrogen-bond donors (Lipinski definition) is 2. The van der Waals surface area contributed by atoms with Crippen LogP contribution in [-0.4, -0.2) is 45.0 Å². The maximum Gasteiger partial charge on any atom is 0.407 e. The third-order valence-electron chi connectivity index (χ3n) is 2.96. The van der Waals surface area contributed by atoms with Crippen molar-refractivity contribution in [3.63, 3.8) is 0 Å². The van der Waals surface area contributed by atoms with Gasteiger partial charge in [0, 0.05) is 13.1 Å². The summed E-state index contributed by atoms with van der Waals surface area (Å²) in [4.78, 5) is 23.0. The molecule has 7 heteroatoms. The first-order valence-corrected chi connectivity index (χ1v) is 7.89. The summed E-state index contributed by atoms with van der Waals surface area (Å²) in [6.07, 6.45) is 3.22. The van der Waals surface area contributed by atoms with E-state index in [0.29, 0.717) is 24.4 Å². The predicted molar refractivity (Wildman–Crippen MR) is 96.2 cm³/mol. The van der Waals surface area contributed by atoms with Crippen LogP contribution in [-0.2, 0) is 9.47 Å². The Labute approximate surface area is 148 Å². The molecular weight excluding hydrogens is 324 g/mol. The molecule has 0 aliphatic carbocycles. The molecule has 7 nitrogen and oxygen atoms in total. The first-order valence-electron chi connectivity index (χ1n) is 7.89. The third-order valence-corrected chi connectivity index (χ3v) is 2.96. The average molecular weight is 350 g/mol. The zero-order chi connectivity index (χ0) is 18.9. The van der Waals surface area contributed by atoms with Crippen molar-refractivity contribution in [2.45, 2.75) is 26.4 Å². The lowest BCUT2D eigenvalue weighted by atomic mass is 10.2. The molecule has 0 radical (unpaired) electrons. The van der Waals surface area contributed by atoms with Crippen LogP contribution in [0.25, 0.3) is 0 Å². The molecule has 0 fully saturated rings. The summed E-state index contributed by atoms with van der Waals surface area (Å²) in [5.74, 6) is 0.126. The minimum absolute atomic E-state index is 0.370. The van der Waals surface area contributed by atoms with Crippen LogP contribution in [0.4, 0.5) is 10.5 Å². The molecule has 0 saturated heterocycles. The summed E-state index contributed by atoms with van der Waals surface area (Å²) in [5, 5.41) is 5.80. The topological polar surface area (TPSA) is 85.9 Å². The molecule has 1 rings (SSSR count). The van der Waals surface area contributed by atoms with Gasteiger partial charge in [0.1, 0.15) is 11.4 Å². The van der Waals surface area contributed by atoms with Crippen LogP contribution in [0.5, 0.6) is 5.75 Å². The van der Waals surface area contributed by atoms with Gasteiger partial charge in [0.2, 0.25) is 0 Å². The summed E-state index contributed by atoms with van der Waals surface area (Å²) in [6.45, 7) is 6.33. The molecule has 0 atom stereocenters. The van der Waals surface area contributed by atoms with Crippen molar-refractivity contribution in [2.24, 2.45) is 0 Å². The number of ether oxygens (including phenoxy) is 3. The smallest absolute Gasteiger partial charge is 0.407 e. The molecule has 0 saturated carbocycles. The zero-order valence-corrected chi connectivity index (χ0v) is 15.3. The van der Waals surface area contributed by atoms with Crippen LogP contribution in [0.1, 0.15) is 31.1 Å². The van der Waals surface area contributed by atoms with E-state index in [4.69, 9.17) is 9.47 Å². The van der Waals surface area contributed by atoms with Crippen LogP contribution >= 0.6 is 0 Å². The van der Waals surface area contributed by atoms with Gasteiger partial charge in [0.15, 0.2) is 0 Å². The van der Waals surface area contributed by atoms with E-state index >= 15 is 0 Å². The number of rotatable bonds is 7. The molecule has 0 bridgehead atoms. The second-order valence-corrected chi connectivity index (χ2v) is 6.14. The van der Waals surface area contributed by atoms with Crippen LogP contribution in [0.2, 0.25) is 0 Å².